The van der Waals surface area contributed by atoms with E-state index in [4.69, 9.17) is 56.0 Å². The molecule has 0 aliphatic carbocycles. The number of benzene rings is 1. The first-order valence-electron chi connectivity index (χ1n) is 22.2. The van der Waals surface area contributed by atoms with E-state index in [0.29, 0.717) is 11.2 Å². The summed E-state index contributed by atoms with van der Waals surface area (Å²) in [5.41, 5.74) is -1.03. The topological polar surface area (TPSA) is 242 Å². The van der Waals surface area contributed by atoms with Gasteiger partial charge in [0.1, 0.15) is 24.2 Å². The number of thiol groups is 1. The summed E-state index contributed by atoms with van der Waals surface area (Å²) in [4.78, 5) is 51.2. The number of hydrogen-bond acceptors (Lipinski definition) is 17. The number of anilines is 1. The maximum absolute atomic E-state index is 15.6. The molecule has 20 nitrogen and oxygen atoms in total. The number of ether oxygens (including phenoxy) is 2. The molecule has 68 heavy (non-hydrogen) atoms. The van der Waals surface area contributed by atoms with Gasteiger partial charge in [-0.25, -0.2) is 24.9 Å². The van der Waals surface area contributed by atoms with E-state index in [1.807, 2.05) is 6.07 Å². The molecule has 0 saturated carbocycles. The summed E-state index contributed by atoms with van der Waals surface area (Å²) >= 11 is 11.5. The van der Waals surface area contributed by atoms with Gasteiger partial charge in [0.15, 0.2) is 63.7 Å². The lowest BCUT2D eigenvalue weighted by atomic mass is 10.2. The van der Waals surface area contributed by atoms with Crippen molar-refractivity contribution in [1.29, 1.82) is 5.26 Å². The van der Waals surface area contributed by atoms with E-state index in [1.54, 1.807) is 33.4 Å². The number of nitrogens with one attached hydrogen (secondary N) is 2. The standard InChI is InChI=1S/C42H58N10O10P2S2Si2/c1-41(2,3)67(7,8)61-30-32-26(59-39(30)51-23-48-28-34(44-21-45-35(28)51)50-37(53)25-15-12-11-13-16-25)20-58-64(66,56-18-14-17-43)33-27(19-57-63(32,55)65)60-40(31(33)62-68(9,10)42(4,5)6)52-24-49-29-36(52)46-22-47-38(29)54/h11-13,15-16,21-24,26-27,30-33,39-40H,14,18-20H2,1-10H3,(H,55,65)(H,46,47,54)(H,44,45,50,53)/t26?,27?,30-,31-,32-,33-,39?,40?,63?,64?/m1/s1. The van der Waals surface area contributed by atoms with E-state index < -0.39 is 83.4 Å². The number of amides is 1. The number of nitriles is 1. The number of H-pyrrole nitrogens is 1. The van der Waals surface area contributed by atoms with Gasteiger partial charge >= 0.3 is 0 Å². The Morgan fingerprint density at radius 3 is 2.04 bits per heavy atom. The Morgan fingerprint density at radius 2 is 1.44 bits per heavy atom. The summed E-state index contributed by atoms with van der Waals surface area (Å²) in [6.45, 7) is 12.5. The van der Waals surface area contributed by atoms with E-state index in [2.05, 4.69) is 109 Å². The molecule has 0 radical (unpaired) electrons. The van der Waals surface area contributed by atoms with Crippen LogP contribution in [0.1, 0.15) is 70.8 Å². The molecule has 8 rings (SSSR count). The van der Waals surface area contributed by atoms with Crippen LogP contribution >= 0.6 is 25.3 Å². The molecule has 7 heterocycles. The fraction of sp³-hybridized carbons (Fsp3) is 0.571. The zero-order valence-electron chi connectivity index (χ0n) is 39.6. The number of nitrogens with zero attached hydrogens (tertiary/aromatic N) is 8. The van der Waals surface area contributed by atoms with E-state index in [9.17, 15) is 14.9 Å². The van der Waals surface area contributed by atoms with Crippen molar-refractivity contribution in [2.24, 2.45) is 0 Å². The Morgan fingerprint density at radius 1 is 0.882 bits per heavy atom. The maximum atomic E-state index is 15.6. The highest BCUT2D eigenvalue weighted by molar-refractivity contribution is 8.46. The van der Waals surface area contributed by atoms with E-state index in [0.717, 1.165) is 0 Å². The van der Waals surface area contributed by atoms with Gasteiger partial charge in [-0.05, 0) is 60.2 Å². The molecule has 26 heteroatoms. The average molecular weight is 1050 g/mol. The van der Waals surface area contributed by atoms with Gasteiger partial charge in [-0.3, -0.25) is 23.3 Å². The molecule has 6 unspecified atom stereocenters. The van der Waals surface area contributed by atoms with Crippen LogP contribution in [0.15, 0.2) is 60.4 Å². The summed E-state index contributed by atoms with van der Waals surface area (Å²) in [6.07, 6.45) is -0.298. The van der Waals surface area contributed by atoms with Crippen molar-refractivity contribution in [2.75, 3.05) is 25.1 Å². The second-order valence-corrected chi connectivity index (χ2v) is 37.0. The van der Waals surface area contributed by atoms with Crippen LogP contribution in [-0.4, -0.2) is 117 Å². The van der Waals surface area contributed by atoms with Gasteiger partial charge in [0.2, 0.25) is 0 Å². The molecule has 1 aromatic carbocycles. The first-order chi connectivity index (χ1) is 31.9. The zero-order chi connectivity index (χ0) is 49.2. The average Bonchev–Trinajstić information content (AvgIpc) is 4.05. The Labute approximate surface area is 406 Å². The molecule has 3 aliphatic rings. The lowest BCUT2D eigenvalue weighted by Crippen LogP contribution is -2.50. The Bertz CT molecular complexity index is 2890. The fourth-order valence-electron chi connectivity index (χ4n) is 8.05. The second kappa shape index (κ2) is 18.9. The van der Waals surface area contributed by atoms with Gasteiger partial charge in [-0.15, -0.1) is 0 Å². The summed E-state index contributed by atoms with van der Waals surface area (Å²) in [5, 5.41) is 11.9. The molecule has 3 fully saturated rings. The molecule has 0 bridgehead atoms. The van der Waals surface area contributed by atoms with Crippen molar-refractivity contribution in [3.8, 4) is 6.07 Å². The predicted octanol–water partition coefficient (Wildman–Crippen LogP) is 7.93. The Hall–Kier alpha value is -3.54. The van der Waals surface area contributed by atoms with E-state index in [-0.39, 0.29) is 64.7 Å². The minimum Gasteiger partial charge on any atom is -0.408 e. The van der Waals surface area contributed by atoms with Crippen molar-refractivity contribution in [3.63, 3.8) is 0 Å². The van der Waals surface area contributed by atoms with Gasteiger partial charge in [-0.2, -0.15) is 5.26 Å². The molecule has 3 saturated heterocycles. The Balaban J connectivity index is 1.23. The number of fused-ring (bicyclic) bond motifs is 4. The number of carbonyl (C=O) groups is 1. The van der Waals surface area contributed by atoms with Gasteiger partial charge in [0.05, 0.1) is 69.2 Å². The van der Waals surface area contributed by atoms with Crippen LogP contribution in [0.4, 0.5) is 5.82 Å². The Kier molecular flexibility index (Phi) is 14.1. The number of carbonyl (C=O) groups excluding carboxylic acids is 1. The zero-order valence-corrected chi connectivity index (χ0v) is 45.1. The molecule has 5 aromatic rings. The maximum Gasteiger partial charge on any atom is 0.278 e. The van der Waals surface area contributed by atoms with Crippen molar-refractivity contribution < 1.29 is 41.3 Å². The van der Waals surface area contributed by atoms with Crippen molar-refractivity contribution in [1.82, 2.24) is 39.0 Å². The summed E-state index contributed by atoms with van der Waals surface area (Å²) in [6, 6.07) is 10.9. The first kappa shape index (κ1) is 50.8. The first-order valence-corrected chi connectivity index (χ1v) is 33.6. The van der Waals surface area contributed by atoms with Crippen LogP contribution in [0.2, 0.25) is 36.3 Å². The third-order valence-electron chi connectivity index (χ3n) is 13.7. The highest BCUT2D eigenvalue weighted by atomic mass is 32.7. The lowest BCUT2D eigenvalue weighted by molar-refractivity contribution is -0.0451. The van der Waals surface area contributed by atoms with Crippen LogP contribution in [0.3, 0.4) is 0 Å². The molecule has 0 spiro atoms. The van der Waals surface area contributed by atoms with E-state index >= 15 is 4.57 Å². The number of aromatic nitrogens is 8. The minimum absolute atomic E-state index is 0.00872. The van der Waals surface area contributed by atoms with Crippen LogP contribution in [0.5, 0.6) is 0 Å². The third kappa shape index (κ3) is 9.64. The molecule has 10 atom stereocenters. The number of aromatic amines is 1. The monoisotopic (exact) mass is 1040 g/mol. The molecular formula is C42H58N10O10P2S2Si2. The predicted molar refractivity (Wildman–Crippen MR) is 266 cm³/mol. The smallest absolute Gasteiger partial charge is 0.278 e. The van der Waals surface area contributed by atoms with Gasteiger partial charge in [0.25, 0.3) is 18.0 Å². The fourth-order valence-corrected chi connectivity index (χ4v) is 17.0. The van der Waals surface area contributed by atoms with Crippen molar-refractivity contribution in [2.45, 2.75) is 132 Å². The number of imidazole rings is 2. The molecule has 2 N–H and O–H groups in total. The normalized spacial score (nSPS) is 29.4. The van der Waals surface area contributed by atoms with Crippen LogP contribution in [0, 0.1) is 11.3 Å². The van der Waals surface area contributed by atoms with Crippen molar-refractivity contribution >= 4 is 87.8 Å². The second-order valence-electron chi connectivity index (χ2n) is 20.2. The third-order valence-corrected chi connectivity index (χ3v) is 29.5. The lowest BCUT2D eigenvalue weighted by Gasteiger charge is -2.43. The van der Waals surface area contributed by atoms with Gasteiger partial charge in [0, 0.05) is 5.56 Å². The summed E-state index contributed by atoms with van der Waals surface area (Å²) in [7, 11) is -5.44. The van der Waals surface area contributed by atoms with Crippen LogP contribution < -0.4 is 10.9 Å². The molecule has 4 aromatic heterocycles. The number of rotatable bonds is 11. The molecule has 3 aliphatic heterocycles. The number of hydrogen-bond donors (Lipinski definition) is 3. The summed E-state index contributed by atoms with van der Waals surface area (Å²) < 4.78 is 67.4. The quantitative estimate of drug-likeness (QED) is 0.0492. The van der Waals surface area contributed by atoms with Gasteiger partial charge < -0.3 is 42.2 Å². The SMILES string of the molecule is CC(C)(C)[Si](C)(C)O[C@H]1C(n2cnc3c(NC(=O)c4ccccc4)ncnc32)OC2COP(=S)(OCCC#N)[C@@H]3C(COP(=O)(S)[C@H]21)OC(n1cnc2c(=O)[nH]cnc21)[C@@H]3O[Si](C)(C)C(C)(C)C. The molecular weight excluding hydrogens is 987 g/mol. The van der Waals surface area contributed by atoms with Gasteiger partial charge in [-0.1, -0.05) is 72.0 Å². The van der Waals surface area contributed by atoms with Crippen molar-refractivity contribution in [3.05, 3.63) is 71.6 Å². The van der Waals surface area contributed by atoms with E-state index in [1.165, 1.54) is 25.3 Å². The van der Waals surface area contributed by atoms with Crippen LogP contribution in [-0.2, 0) is 48.3 Å². The highest BCUT2D eigenvalue weighted by Gasteiger charge is 2.62. The summed E-state index contributed by atoms with van der Waals surface area (Å²) in [5.74, 6) is -0.212. The largest absolute Gasteiger partial charge is 0.408 e. The minimum atomic E-state index is -4.13. The molecule has 1 amide bonds. The van der Waals surface area contributed by atoms with Crippen LogP contribution in [0.25, 0.3) is 22.3 Å². The molecule has 366 valence electrons. The highest BCUT2D eigenvalue weighted by Crippen LogP contribution is 2.68.